The Morgan fingerprint density at radius 1 is 1.14 bits per heavy atom. The second-order valence-electron chi connectivity index (χ2n) is 4.10. The van der Waals surface area contributed by atoms with E-state index in [4.69, 9.17) is 11.2 Å². The third-order valence-corrected chi connectivity index (χ3v) is 3.75. The van der Waals surface area contributed by atoms with E-state index in [-0.39, 0.29) is 12.2 Å². The zero-order valence-electron chi connectivity index (χ0n) is 10.9. The highest BCUT2D eigenvalue weighted by atomic mass is 79.9. The lowest BCUT2D eigenvalue weighted by Gasteiger charge is -2.14. The average Bonchev–Trinajstić information content (AvgIpc) is 2.42. The number of barbiturate groups is 1. The Balaban J connectivity index is 2.36. The Labute approximate surface area is 142 Å². The molecular weight excluding hydrogens is 420 g/mol. The standard InChI is InChI=1S/C14H8Br2N2O4/c1-2-3-22-11-9(15)5-7(6-10(11)16)4-8-12(19)17-14(21)18-13(8)20/h1,4-6H,3H2,(H2,17,18,19,20,21). The third-order valence-electron chi connectivity index (χ3n) is 2.57. The molecule has 4 amide bonds. The van der Waals surface area contributed by atoms with E-state index in [1.54, 1.807) is 12.1 Å². The molecule has 1 saturated heterocycles. The molecule has 2 N–H and O–H groups in total. The number of amides is 4. The minimum Gasteiger partial charge on any atom is -0.479 e. The van der Waals surface area contributed by atoms with E-state index >= 15 is 0 Å². The maximum absolute atomic E-state index is 11.7. The van der Waals surface area contributed by atoms with Gasteiger partial charge >= 0.3 is 6.03 Å². The Bertz CT molecular complexity index is 705. The van der Waals surface area contributed by atoms with Gasteiger partial charge in [-0.15, -0.1) is 6.42 Å². The number of ether oxygens (including phenoxy) is 1. The number of carbonyl (C=O) groups excluding carboxylic acids is 3. The van der Waals surface area contributed by atoms with Gasteiger partial charge in [0.15, 0.2) is 0 Å². The zero-order chi connectivity index (χ0) is 16.3. The molecule has 1 aromatic rings. The minimum absolute atomic E-state index is 0.102. The largest absolute Gasteiger partial charge is 0.479 e. The summed E-state index contributed by atoms with van der Waals surface area (Å²) in [6.07, 6.45) is 6.50. The van der Waals surface area contributed by atoms with E-state index in [9.17, 15) is 14.4 Å². The summed E-state index contributed by atoms with van der Waals surface area (Å²) in [4.78, 5) is 34.3. The molecule has 0 aliphatic carbocycles. The van der Waals surface area contributed by atoms with Gasteiger partial charge < -0.3 is 4.74 Å². The number of hydrogen-bond donors (Lipinski definition) is 2. The van der Waals surface area contributed by atoms with E-state index in [1.165, 1.54) is 6.08 Å². The summed E-state index contributed by atoms with van der Waals surface area (Å²) in [6, 6.07) is 2.47. The van der Waals surface area contributed by atoms with Crippen LogP contribution >= 0.6 is 31.9 Å². The molecule has 0 saturated carbocycles. The van der Waals surface area contributed by atoms with Crippen LogP contribution in [0.15, 0.2) is 26.7 Å². The molecular formula is C14H8Br2N2O4. The average molecular weight is 428 g/mol. The fraction of sp³-hybridized carbons (Fsp3) is 0.0714. The van der Waals surface area contributed by atoms with E-state index in [0.29, 0.717) is 20.3 Å². The van der Waals surface area contributed by atoms with Crippen molar-refractivity contribution < 1.29 is 19.1 Å². The summed E-state index contributed by atoms with van der Waals surface area (Å²) < 4.78 is 6.55. The number of carbonyl (C=O) groups is 3. The minimum atomic E-state index is -0.840. The van der Waals surface area contributed by atoms with Gasteiger partial charge in [0.1, 0.15) is 17.9 Å². The van der Waals surface area contributed by atoms with Crippen LogP contribution in [0.2, 0.25) is 0 Å². The maximum atomic E-state index is 11.7. The monoisotopic (exact) mass is 426 g/mol. The number of urea groups is 1. The fourth-order valence-electron chi connectivity index (χ4n) is 1.69. The summed E-state index contributed by atoms with van der Waals surface area (Å²) in [6.45, 7) is 0.102. The lowest BCUT2D eigenvalue weighted by molar-refractivity contribution is -0.123. The first-order valence-electron chi connectivity index (χ1n) is 5.86. The Morgan fingerprint density at radius 3 is 2.18 bits per heavy atom. The molecule has 0 spiro atoms. The smallest absolute Gasteiger partial charge is 0.328 e. The summed E-state index contributed by atoms with van der Waals surface area (Å²) in [7, 11) is 0. The van der Waals surface area contributed by atoms with Gasteiger partial charge in [0.25, 0.3) is 11.8 Å². The molecule has 0 radical (unpaired) electrons. The molecule has 0 bridgehead atoms. The molecule has 112 valence electrons. The number of halogens is 2. The number of nitrogens with one attached hydrogen (secondary N) is 2. The summed E-state index contributed by atoms with van der Waals surface area (Å²) >= 11 is 6.65. The first-order chi connectivity index (χ1) is 10.4. The number of benzene rings is 1. The third kappa shape index (κ3) is 3.55. The molecule has 0 aromatic heterocycles. The molecule has 0 atom stereocenters. The van der Waals surface area contributed by atoms with Crippen LogP contribution in [0.4, 0.5) is 4.79 Å². The van der Waals surface area contributed by atoms with Crippen molar-refractivity contribution in [2.24, 2.45) is 0 Å². The van der Waals surface area contributed by atoms with Gasteiger partial charge in [0, 0.05) is 0 Å². The first-order valence-corrected chi connectivity index (χ1v) is 7.44. The number of hydrogen-bond acceptors (Lipinski definition) is 4. The molecule has 22 heavy (non-hydrogen) atoms. The molecule has 1 aliphatic rings. The van der Waals surface area contributed by atoms with E-state index in [2.05, 4.69) is 37.8 Å². The molecule has 0 unspecified atom stereocenters. The summed E-state index contributed by atoms with van der Waals surface area (Å²) in [5.41, 5.74) is 0.386. The van der Waals surface area contributed by atoms with Crippen LogP contribution in [-0.4, -0.2) is 24.5 Å². The second-order valence-corrected chi connectivity index (χ2v) is 5.81. The maximum Gasteiger partial charge on any atom is 0.328 e. The molecule has 1 fully saturated rings. The van der Waals surface area contributed by atoms with Crippen molar-refractivity contribution in [3.8, 4) is 18.1 Å². The van der Waals surface area contributed by atoms with Crippen LogP contribution in [0.1, 0.15) is 5.56 Å². The van der Waals surface area contributed by atoms with Crippen molar-refractivity contribution in [2.45, 2.75) is 0 Å². The Morgan fingerprint density at radius 2 is 1.68 bits per heavy atom. The SMILES string of the molecule is C#CCOc1c(Br)cc(C=C2C(=O)NC(=O)NC2=O)cc1Br. The molecule has 1 aliphatic heterocycles. The first kappa shape index (κ1) is 16.3. The Kier molecular flexibility index (Phi) is 5.00. The van der Waals surface area contributed by atoms with E-state index < -0.39 is 17.8 Å². The van der Waals surface area contributed by atoms with E-state index in [0.717, 1.165) is 0 Å². The van der Waals surface area contributed by atoms with Crippen molar-refractivity contribution in [3.63, 3.8) is 0 Å². The van der Waals surface area contributed by atoms with Crippen molar-refractivity contribution in [1.29, 1.82) is 0 Å². The van der Waals surface area contributed by atoms with Gasteiger partial charge in [-0.1, -0.05) is 5.92 Å². The van der Waals surface area contributed by atoms with Crippen molar-refractivity contribution in [3.05, 3.63) is 32.2 Å². The molecule has 1 heterocycles. The predicted molar refractivity (Wildman–Crippen MR) is 85.8 cm³/mol. The number of imide groups is 2. The van der Waals surface area contributed by atoms with Crippen molar-refractivity contribution in [1.82, 2.24) is 10.6 Å². The highest BCUT2D eigenvalue weighted by molar-refractivity contribution is 9.11. The Hall–Kier alpha value is -2.11. The topological polar surface area (TPSA) is 84.5 Å². The van der Waals surface area contributed by atoms with Gasteiger partial charge in [-0.25, -0.2) is 4.79 Å². The second kappa shape index (κ2) is 6.77. The van der Waals surface area contributed by atoms with Gasteiger partial charge in [-0.3, -0.25) is 20.2 Å². The highest BCUT2D eigenvalue weighted by Crippen LogP contribution is 2.35. The van der Waals surface area contributed by atoms with Crippen LogP contribution in [0.5, 0.6) is 5.75 Å². The molecule has 6 nitrogen and oxygen atoms in total. The van der Waals surface area contributed by atoms with Gasteiger partial charge in [0.2, 0.25) is 0 Å². The van der Waals surface area contributed by atoms with Crippen molar-refractivity contribution >= 4 is 55.8 Å². The lowest BCUT2D eigenvalue weighted by Crippen LogP contribution is -2.51. The fourth-order valence-corrected chi connectivity index (χ4v) is 3.14. The van der Waals surface area contributed by atoms with Crippen LogP contribution in [-0.2, 0) is 9.59 Å². The highest BCUT2D eigenvalue weighted by Gasteiger charge is 2.27. The quantitative estimate of drug-likeness (QED) is 0.438. The zero-order valence-corrected chi connectivity index (χ0v) is 14.1. The molecule has 1 aromatic carbocycles. The summed E-state index contributed by atoms with van der Waals surface area (Å²) in [5, 5.41) is 4.00. The van der Waals surface area contributed by atoms with Crippen LogP contribution < -0.4 is 15.4 Å². The summed E-state index contributed by atoms with van der Waals surface area (Å²) in [5.74, 6) is 1.35. The van der Waals surface area contributed by atoms with Gasteiger partial charge in [0.05, 0.1) is 8.95 Å². The number of terminal acetylenes is 1. The van der Waals surface area contributed by atoms with Crippen molar-refractivity contribution in [2.75, 3.05) is 6.61 Å². The normalized spacial score (nSPS) is 14.0. The van der Waals surface area contributed by atoms with Crippen LogP contribution in [0, 0.1) is 12.3 Å². The van der Waals surface area contributed by atoms with Gasteiger partial charge in [-0.2, -0.15) is 0 Å². The van der Waals surface area contributed by atoms with Gasteiger partial charge in [-0.05, 0) is 55.6 Å². The number of rotatable bonds is 3. The van der Waals surface area contributed by atoms with Crippen LogP contribution in [0.3, 0.4) is 0 Å². The lowest BCUT2D eigenvalue weighted by atomic mass is 10.1. The van der Waals surface area contributed by atoms with E-state index in [1.807, 2.05) is 10.6 Å². The van der Waals surface area contributed by atoms with Crippen LogP contribution in [0.25, 0.3) is 6.08 Å². The molecule has 2 rings (SSSR count). The predicted octanol–water partition coefficient (Wildman–Crippen LogP) is 1.97. The molecule has 8 heteroatoms.